The lowest BCUT2D eigenvalue weighted by Crippen LogP contribution is -2.29. The molecule has 5 rings (SSSR count). The van der Waals surface area contributed by atoms with Crippen LogP contribution in [0.5, 0.6) is 0 Å². The lowest BCUT2D eigenvalue weighted by Gasteiger charge is -2.18. The monoisotopic (exact) mass is 468 g/mol. The number of aryl methyl sites for hydroxylation is 2. The van der Waals surface area contributed by atoms with E-state index in [1.54, 1.807) is 29.2 Å². The molecular formula is C28H21FN2O2S. The van der Waals surface area contributed by atoms with Gasteiger partial charge in [0.25, 0.3) is 5.91 Å². The Bertz CT molecular complexity index is 1440. The standard InChI is InChI=1S/C28H21FN2O2S/c1-18-7-3-5-9-23(18)30-28-31(24-10-6-4-8-19(24)2)27(32)26(34-28)17-22-15-16-25(33-22)20-11-13-21(29)14-12-20/h3-17H,1-2H3/b26-17-,30-28?. The van der Waals surface area contributed by atoms with Gasteiger partial charge in [0.15, 0.2) is 5.17 Å². The maximum absolute atomic E-state index is 13.5. The smallest absolute Gasteiger partial charge is 0.271 e. The van der Waals surface area contributed by atoms with Crippen molar-refractivity contribution in [3.8, 4) is 11.3 Å². The van der Waals surface area contributed by atoms with E-state index < -0.39 is 0 Å². The van der Waals surface area contributed by atoms with E-state index in [-0.39, 0.29) is 11.7 Å². The Hall–Kier alpha value is -3.90. The summed E-state index contributed by atoms with van der Waals surface area (Å²) < 4.78 is 19.2. The molecule has 0 radical (unpaired) electrons. The molecule has 0 N–H and O–H groups in total. The number of aliphatic imine (C=N–C) groups is 1. The van der Waals surface area contributed by atoms with Crippen LogP contribution in [0, 0.1) is 19.7 Å². The third-order valence-electron chi connectivity index (χ3n) is 5.52. The van der Waals surface area contributed by atoms with Crippen LogP contribution in [0.4, 0.5) is 15.8 Å². The number of thioether (sulfide) groups is 1. The van der Waals surface area contributed by atoms with E-state index in [4.69, 9.17) is 9.41 Å². The Kier molecular flexibility index (Phi) is 5.90. The zero-order valence-electron chi connectivity index (χ0n) is 18.7. The Morgan fingerprint density at radius 2 is 1.59 bits per heavy atom. The Morgan fingerprint density at radius 1 is 0.882 bits per heavy atom. The van der Waals surface area contributed by atoms with Crippen LogP contribution in [0.2, 0.25) is 0 Å². The predicted molar refractivity (Wildman–Crippen MR) is 137 cm³/mol. The second-order valence-electron chi connectivity index (χ2n) is 7.93. The highest BCUT2D eigenvalue weighted by molar-refractivity contribution is 8.19. The van der Waals surface area contributed by atoms with Gasteiger partial charge in [-0.1, -0.05) is 36.4 Å². The van der Waals surface area contributed by atoms with Gasteiger partial charge < -0.3 is 4.42 Å². The van der Waals surface area contributed by atoms with Gasteiger partial charge in [0.1, 0.15) is 17.3 Å². The van der Waals surface area contributed by atoms with E-state index in [9.17, 15) is 9.18 Å². The van der Waals surface area contributed by atoms with Crippen molar-refractivity contribution in [3.05, 3.63) is 113 Å². The summed E-state index contributed by atoms with van der Waals surface area (Å²) in [6, 6.07) is 25.3. The second kappa shape index (κ2) is 9.15. The van der Waals surface area contributed by atoms with Crippen LogP contribution in [0.3, 0.4) is 0 Å². The van der Waals surface area contributed by atoms with Crippen molar-refractivity contribution in [3.63, 3.8) is 0 Å². The SMILES string of the molecule is Cc1ccccc1N=C1S/C(=C\c2ccc(-c3ccc(F)cc3)o2)C(=O)N1c1ccccc1C. The average Bonchev–Trinajstić information content (AvgIpc) is 3.41. The van der Waals surface area contributed by atoms with Gasteiger partial charge in [0, 0.05) is 11.6 Å². The molecule has 4 aromatic rings. The summed E-state index contributed by atoms with van der Waals surface area (Å²) in [5, 5.41) is 0.588. The molecule has 168 valence electrons. The number of halogens is 1. The van der Waals surface area contributed by atoms with Crippen molar-refractivity contribution in [1.82, 2.24) is 0 Å². The van der Waals surface area contributed by atoms with E-state index >= 15 is 0 Å². The molecule has 0 unspecified atom stereocenters. The molecular weight excluding hydrogens is 447 g/mol. The third kappa shape index (κ3) is 4.32. The number of amides is 1. The summed E-state index contributed by atoms with van der Waals surface area (Å²) >= 11 is 1.31. The molecule has 0 bridgehead atoms. The topological polar surface area (TPSA) is 45.8 Å². The molecule has 3 aromatic carbocycles. The maximum atomic E-state index is 13.5. The fourth-order valence-electron chi connectivity index (χ4n) is 3.70. The van der Waals surface area contributed by atoms with E-state index in [0.717, 1.165) is 28.1 Å². The molecule has 0 saturated carbocycles. The summed E-state index contributed by atoms with van der Waals surface area (Å²) in [6.45, 7) is 3.97. The van der Waals surface area contributed by atoms with Crippen LogP contribution in [-0.4, -0.2) is 11.1 Å². The fourth-order valence-corrected chi connectivity index (χ4v) is 4.66. The summed E-state index contributed by atoms with van der Waals surface area (Å²) in [6.07, 6.45) is 1.73. The van der Waals surface area contributed by atoms with Crippen molar-refractivity contribution in [2.75, 3.05) is 4.90 Å². The molecule has 0 spiro atoms. The number of carbonyl (C=O) groups is 1. The molecule has 0 aliphatic carbocycles. The lowest BCUT2D eigenvalue weighted by molar-refractivity contribution is -0.113. The highest BCUT2D eigenvalue weighted by atomic mass is 32.2. The minimum absolute atomic E-state index is 0.161. The Morgan fingerprint density at radius 3 is 2.32 bits per heavy atom. The molecule has 1 aromatic heterocycles. The van der Waals surface area contributed by atoms with Gasteiger partial charge in [-0.3, -0.25) is 9.69 Å². The zero-order chi connectivity index (χ0) is 23.7. The van der Waals surface area contributed by atoms with Crippen molar-refractivity contribution in [2.24, 2.45) is 4.99 Å². The third-order valence-corrected chi connectivity index (χ3v) is 6.49. The fraction of sp³-hybridized carbons (Fsp3) is 0.0714. The molecule has 4 nitrogen and oxygen atoms in total. The minimum atomic E-state index is -0.303. The Labute approximate surface area is 201 Å². The van der Waals surface area contributed by atoms with Gasteiger partial charge >= 0.3 is 0 Å². The van der Waals surface area contributed by atoms with Crippen LogP contribution in [0.15, 0.2) is 99.2 Å². The minimum Gasteiger partial charge on any atom is -0.457 e. The highest BCUT2D eigenvalue weighted by Gasteiger charge is 2.35. The van der Waals surface area contributed by atoms with E-state index in [1.807, 2.05) is 68.4 Å². The van der Waals surface area contributed by atoms with Gasteiger partial charge in [-0.15, -0.1) is 0 Å². The molecule has 1 aliphatic heterocycles. The molecule has 1 saturated heterocycles. The first kappa shape index (κ1) is 21.9. The van der Waals surface area contributed by atoms with Crippen molar-refractivity contribution in [2.45, 2.75) is 13.8 Å². The summed E-state index contributed by atoms with van der Waals surface area (Å²) in [4.78, 5) is 20.5. The van der Waals surface area contributed by atoms with Crippen LogP contribution < -0.4 is 4.90 Å². The quantitative estimate of drug-likeness (QED) is 0.291. The van der Waals surface area contributed by atoms with Gasteiger partial charge in [0.2, 0.25) is 0 Å². The van der Waals surface area contributed by atoms with Crippen LogP contribution >= 0.6 is 11.8 Å². The van der Waals surface area contributed by atoms with Crippen molar-refractivity contribution < 1.29 is 13.6 Å². The van der Waals surface area contributed by atoms with Crippen LogP contribution in [-0.2, 0) is 4.79 Å². The normalized spacial score (nSPS) is 16.1. The highest BCUT2D eigenvalue weighted by Crippen LogP contribution is 2.39. The van der Waals surface area contributed by atoms with Gasteiger partial charge in [-0.05, 0) is 85.3 Å². The molecule has 6 heteroatoms. The van der Waals surface area contributed by atoms with Gasteiger partial charge in [0.05, 0.1) is 16.3 Å². The summed E-state index contributed by atoms with van der Waals surface area (Å²) in [7, 11) is 0. The van der Waals surface area contributed by atoms with E-state index in [0.29, 0.717) is 21.6 Å². The second-order valence-corrected chi connectivity index (χ2v) is 8.94. The van der Waals surface area contributed by atoms with Gasteiger partial charge in [-0.2, -0.15) is 0 Å². The first-order valence-electron chi connectivity index (χ1n) is 10.8. The number of anilines is 1. The van der Waals surface area contributed by atoms with Crippen LogP contribution in [0.25, 0.3) is 17.4 Å². The number of hydrogen-bond acceptors (Lipinski definition) is 4. The van der Waals surface area contributed by atoms with E-state index in [2.05, 4.69) is 0 Å². The molecule has 1 aliphatic rings. The average molecular weight is 469 g/mol. The number of nitrogens with zero attached hydrogens (tertiary/aromatic N) is 2. The number of amidine groups is 1. The summed E-state index contributed by atoms with van der Waals surface area (Å²) in [5.74, 6) is 0.678. The number of para-hydroxylation sites is 2. The van der Waals surface area contributed by atoms with Gasteiger partial charge in [-0.25, -0.2) is 9.38 Å². The number of furan rings is 1. The van der Waals surface area contributed by atoms with Crippen molar-refractivity contribution >= 4 is 40.3 Å². The molecule has 2 heterocycles. The number of hydrogen-bond donors (Lipinski definition) is 0. The summed E-state index contributed by atoms with van der Waals surface area (Å²) in [5.41, 5.74) is 4.38. The maximum Gasteiger partial charge on any atom is 0.271 e. The molecule has 0 atom stereocenters. The molecule has 34 heavy (non-hydrogen) atoms. The molecule has 1 amide bonds. The van der Waals surface area contributed by atoms with Crippen LogP contribution in [0.1, 0.15) is 16.9 Å². The largest absolute Gasteiger partial charge is 0.457 e. The number of benzene rings is 3. The number of rotatable bonds is 4. The van der Waals surface area contributed by atoms with E-state index in [1.165, 1.54) is 23.9 Å². The Balaban J connectivity index is 1.54. The number of carbonyl (C=O) groups excluding carboxylic acids is 1. The first-order valence-corrected chi connectivity index (χ1v) is 11.6. The van der Waals surface area contributed by atoms with Crippen molar-refractivity contribution in [1.29, 1.82) is 0 Å². The first-order chi connectivity index (χ1) is 16.5. The molecule has 1 fully saturated rings. The zero-order valence-corrected chi connectivity index (χ0v) is 19.5. The lowest BCUT2D eigenvalue weighted by atomic mass is 10.2. The predicted octanol–water partition coefficient (Wildman–Crippen LogP) is 7.51.